The fourth-order valence-corrected chi connectivity index (χ4v) is 2.04. The van der Waals surface area contributed by atoms with Crippen LogP contribution in [0.1, 0.15) is 26.7 Å². The van der Waals surface area contributed by atoms with Gasteiger partial charge in [-0.3, -0.25) is 4.79 Å². The number of rotatable bonds is 7. The summed E-state index contributed by atoms with van der Waals surface area (Å²) < 4.78 is 0. The predicted octanol–water partition coefficient (Wildman–Crippen LogP) is 2.98. The molecule has 0 radical (unpaired) electrons. The number of nitrogens with one attached hydrogen (secondary N) is 1. The molecule has 0 aliphatic carbocycles. The van der Waals surface area contributed by atoms with Crippen molar-refractivity contribution in [2.75, 3.05) is 30.7 Å². The molecule has 1 aromatic rings. The van der Waals surface area contributed by atoms with Crippen molar-refractivity contribution in [1.82, 2.24) is 4.90 Å². The van der Waals surface area contributed by atoms with Gasteiger partial charge < -0.3 is 16.0 Å². The van der Waals surface area contributed by atoms with Crippen LogP contribution in [0.3, 0.4) is 0 Å². The highest BCUT2D eigenvalue weighted by Gasteiger charge is 2.06. The highest BCUT2D eigenvalue weighted by atomic mass is 35.5. The molecular formula is C14H22ClN3O. The molecule has 0 saturated heterocycles. The Labute approximate surface area is 119 Å². The third kappa shape index (κ3) is 5.49. The third-order valence-corrected chi connectivity index (χ3v) is 3.30. The monoisotopic (exact) mass is 283 g/mol. The Morgan fingerprint density at radius 2 is 2.05 bits per heavy atom. The number of nitrogen functional groups attached to an aromatic ring is 1. The van der Waals surface area contributed by atoms with E-state index in [4.69, 9.17) is 17.3 Å². The number of nitrogens with zero attached hydrogens (tertiary/aromatic N) is 1. The molecule has 0 saturated carbocycles. The molecule has 5 heteroatoms. The lowest BCUT2D eigenvalue weighted by Gasteiger charge is -2.17. The van der Waals surface area contributed by atoms with Gasteiger partial charge in [-0.1, -0.05) is 25.4 Å². The first kappa shape index (κ1) is 15.8. The van der Waals surface area contributed by atoms with E-state index >= 15 is 0 Å². The normalized spacial score (nSPS) is 10.7. The summed E-state index contributed by atoms with van der Waals surface area (Å²) in [5.74, 6) is -0.0128. The number of amides is 1. The van der Waals surface area contributed by atoms with E-state index in [1.807, 2.05) is 0 Å². The van der Waals surface area contributed by atoms with Crippen LogP contribution < -0.4 is 11.1 Å². The Morgan fingerprint density at radius 3 is 2.63 bits per heavy atom. The van der Waals surface area contributed by atoms with Gasteiger partial charge in [0.15, 0.2) is 0 Å². The van der Waals surface area contributed by atoms with Crippen molar-refractivity contribution in [3.63, 3.8) is 0 Å². The zero-order valence-corrected chi connectivity index (χ0v) is 12.3. The Bertz CT molecular complexity index is 419. The van der Waals surface area contributed by atoms with Gasteiger partial charge in [-0.25, -0.2) is 0 Å². The standard InChI is InChI=1S/C14H22ClN3O/c1-3-18(4-2)9-5-6-14(19)17-13-8-7-11(15)10-12(13)16/h7-8,10H,3-6,9,16H2,1-2H3,(H,17,19). The zero-order chi connectivity index (χ0) is 14.3. The second-order valence-corrected chi connectivity index (χ2v) is 4.85. The zero-order valence-electron chi connectivity index (χ0n) is 11.6. The Morgan fingerprint density at radius 1 is 1.37 bits per heavy atom. The predicted molar refractivity (Wildman–Crippen MR) is 81.5 cm³/mol. The van der Waals surface area contributed by atoms with Crippen molar-refractivity contribution in [2.24, 2.45) is 0 Å². The molecule has 3 N–H and O–H groups in total. The number of halogens is 1. The summed E-state index contributed by atoms with van der Waals surface area (Å²) in [5.41, 5.74) is 6.90. The van der Waals surface area contributed by atoms with Crippen LogP contribution >= 0.6 is 11.6 Å². The summed E-state index contributed by atoms with van der Waals surface area (Å²) in [6.45, 7) is 7.22. The van der Waals surface area contributed by atoms with Crippen molar-refractivity contribution < 1.29 is 4.79 Å². The molecule has 106 valence electrons. The Hall–Kier alpha value is -1.26. The summed E-state index contributed by atoms with van der Waals surface area (Å²) >= 11 is 5.81. The van der Waals surface area contributed by atoms with Crippen LogP contribution in [-0.2, 0) is 4.79 Å². The molecule has 0 fully saturated rings. The van der Waals surface area contributed by atoms with Crippen molar-refractivity contribution in [3.8, 4) is 0 Å². The molecule has 0 aliphatic rings. The highest BCUT2D eigenvalue weighted by Crippen LogP contribution is 2.22. The summed E-state index contributed by atoms with van der Waals surface area (Å²) in [6.07, 6.45) is 1.35. The van der Waals surface area contributed by atoms with Gasteiger partial charge in [-0.2, -0.15) is 0 Å². The number of anilines is 2. The molecule has 0 atom stereocenters. The van der Waals surface area contributed by atoms with E-state index in [2.05, 4.69) is 24.1 Å². The van der Waals surface area contributed by atoms with Gasteiger partial charge in [-0.05, 0) is 44.3 Å². The molecule has 4 nitrogen and oxygen atoms in total. The van der Waals surface area contributed by atoms with Crippen molar-refractivity contribution in [1.29, 1.82) is 0 Å². The molecule has 0 aliphatic heterocycles. The van der Waals surface area contributed by atoms with Crippen molar-refractivity contribution in [3.05, 3.63) is 23.2 Å². The van der Waals surface area contributed by atoms with Gasteiger partial charge in [0.05, 0.1) is 11.4 Å². The van der Waals surface area contributed by atoms with Gasteiger partial charge >= 0.3 is 0 Å². The number of hydrogen-bond acceptors (Lipinski definition) is 3. The summed E-state index contributed by atoms with van der Waals surface area (Å²) in [7, 11) is 0. The van der Waals surface area contributed by atoms with Gasteiger partial charge in [0.2, 0.25) is 5.91 Å². The van der Waals surface area contributed by atoms with E-state index in [1.54, 1.807) is 18.2 Å². The summed E-state index contributed by atoms with van der Waals surface area (Å²) in [4.78, 5) is 14.1. The van der Waals surface area contributed by atoms with E-state index in [9.17, 15) is 4.79 Å². The van der Waals surface area contributed by atoms with E-state index in [0.717, 1.165) is 26.1 Å². The lowest BCUT2D eigenvalue weighted by atomic mass is 10.2. The quantitative estimate of drug-likeness (QED) is 0.757. The van der Waals surface area contributed by atoms with Crippen molar-refractivity contribution >= 4 is 28.9 Å². The third-order valence-electron chi connectivity index (χ3n) is 3.06. The van der Waals surface area contributed by atoms with Crippen LogP contribution in [-0.4, -0.2) is 30.4 Å². The molecule has 1 rings (SSSR count). The van der Waals surface area contributed by atoms with Gasteiger partial charge in [0, 0.05) is 11.4 Å². The SMILES string of the molecule is CCN(CC)CCCC(=O)Nc1ccc(Cl)cc1N. The number of carbonyl (C=O) groups excluding carboxylic acids is 1. The van der Waals surface area contributed by atoms with Gasteiger partial charge in [0.25, 0.3) is 0 Å². The first-order valence-electron chi connectivity index (χ1n) is 6.64. The first-order chi connectivity index (χ1) is 9.06. The summed E-state index contributed by atoms with van der Waals surface area (Å²) in [6, 6.07) is 5.07. The number of benzene rings is 1. The molecule has 1 aromatic carbocycles. The molecule has 0 unspecified atom stereocenters. The highest BCUT2D eigenvalue weighted by molar-refractivity contribution is 6.31. The fourth-order valence-electron chi connectivity index (χ4n) is 1.86. The van der Waals surface area contributed by atoms with Crippen LogP contribution in [0.2, 0.25) is 5.02 Å². The van der Waals surface area contributed by atoms with Gasteiger partial charge in [-0.15, -0.1) is 0 Å². The molecule has 1 amide bonds. The fraction of sp³-hybridized carbons (Fsp3) is 0.500. The average Bonchev–Trinajstić information content (AvgIpc) is 2.38. The number of carbonyl (C=O) groups is 1. The average molecular weight is 284 g/mol. The minimum Gasteiger partial charge on any atom is -0.397 e. The van der Waals surface area contributed by atoms with Crippen LogP contribution in [0.4, 0.5) is 11.4 Å². The molecular weight excluding hydrogens is 262 g/mol. The molecule has 0 aromatic heterocycles. The molecule has 0 bridgehead atoms. The van der Waals surface area contributed by atoms with Crippen LogP contribution in [0.15, 0.2) is 18.2 Å². The maximum Gasteiger partial charge on any atom is 0.224 e. The summed E-state index contributed by atoms with van der Waals surface area (Å²) in [5, 5.41) is 3.37. The topological polar surface area (TPSA) is 58.4 Å². The van der Waals surface area contributed by atoms with E-state index in [-0.39, 0.29) is 5.91 Å². The molecule has 0 spiro atoms. The second kappa shape index (κ2) is 8.02. The first-order valence-corrected chi connectivity index (χ1v) is 7.01. The number of nitrogens with two attached hydrogens (primary N) is 1. The van der Waals surface area contributed by atoms with Crippen LogP contribution in [0.25, 0.3) is 0 Å². The van der Waals surface area contributed by atoms with E-state index in [1.165, 1.54) is 0 Å². The second-order valence-electron chi connectivity index (χ2n) is 4.41. The Balaban J connectivity index is 2.39. The maximum absolute atomic E-state index is 11.8. The smallest absolute Gasteiger partial charge is 0.224 e. The minimum atomic E-state index is -0.0128. The lowest BCUT2D eigenvalue weighted by Crippen LogP contribution is -2.25. The van der Waals surface area contributed by atoms with Crippen LogP contribution in [0.5, 0.6) is 0 Å². The van der Waals surface area contributed by atoms with E-state index < -0.39 is 0 Å². The van der Waals surface area contributed by atoms with E-state index in [0.29, 0.717) is 22.8 Å². The van der Waals surface area contributed by atoms with Crippen molar-refractivity contribution in [2.45, 2.75) is 26.7 Å². The van der Waals surface area contributed by atoms with Crippen LogP contribution in [0, 0.1) is 0 Å². The maximum atomic E-state index is 11.8. The largest absolute Gasteiger partial charge is 0.397 e. The number of hydrogen-bond donors (Lipinski definition) is 2. The molecule has 19 heavy (non-hydrogen) atoms. The molecule has 0 heterocycles. The lowest BCUT2D eigenvalue weighted by molar-refractivity contribution is -0.116. The Kier molecular flexibility index (Phi) is 6.67. The minimum absolute atomic E-state index is 0.0128. The van der Waals surface area contributed by atoms with Gasteiger partial charge in [0.1, 0.15) is 0 Å².